The Hall–Kier alpha value is -0.480. The van der Waals surface area contributed by atoms with Crippen LogP contribution in [-0.2, 0) is 9.78 Å². The van der Waals surface area contributed by atoms with Gasteiger partial charge >= 0.3 is 0 Å². The summed E-state index contributed by atoms with van der Waals surface area (Å²) in [7, 11) is 0. The summed E-state index contributed by atoms with van der Waals surface area (Å²) in [5, 5.41) is 9.22. The van der Waals surface area contributed by atoms with Crippen LogP contribution in [0.2, 0.25) is 0 Å². The van der Waals surface area contributed by atoms with Gasteiger partial charge in [-0.15, -0.1) is 0 Å². The molecule has 0 radical (unpaired) electrons. The minimum Gasteiger partial charge on any atom is -0.228 e. The number of azo groups is 1. The average Bonchev–Trinajstić information content (AvgIpc) is 2.45. The molecule has 0 bridgehead atoms. The molecule has 0 aromatic rings. The van der Waals surface area contributed by atoms with Gasteiger partial charge in [-0.1, -0.05) is 25.7 Å². The van der Waals surface area contributed by atoms with E-state index in [0.29, 0.717) is 6.04 Å². The summed E-state index contributed by atoms with van der Waals surface area (Å²) < 4.78 is 0. The standard InChI is InChI=1S/C16H30N2O2/c1-15(2,3)19-20-16(12-8-5-9-13-16)18-17-14-10-6-4-7-11-14/h14H,4-13H2,1-3H3. The third kappa shape index (κ3) is 5.13. The van der Waals surface area contributed by atoms with Crippen LogP contribution in [0.3, 0.4) is 0 Å². The Morgan fingerprint density at radius 3 is 2.10 bits per heavy atom. The molecule has 2 rings (SSSR count). The Morgan fingerprint density at radius 1 is 0.900 bits per heavy atom. The molecule has 2 aliphatic rings. The summed E-state index contributed by atoms with van der Waals surface area (Å²) in [5.74, 6) is 0. The lowest BCUT2D eigenvalue weighted by molar-refractivity contribution is -0.408. The highest BCUT2D eigenvalue weighted by molar-refractivity contribution is 4.81. The van der Waals surface area contributed by atoms with E-state index in [4.69, 9.17) is 9.78 Å². The van der Waals surface area contributed by atoms with E-state index in [1.807, 2.05) is 20.8 Å². The molecule has 0 aromatic carbocycles. The molecular formula is C16H30N2O2. The highest BCUT2D eigenvalue weighted by atomic mass is 17.2. The van der Waals surface area contributed by atoms with Crippen LogP contribution in [0.4, 0.5) is 0 Å². The van der Waals surface area contributed by atoms with Gasteiger partial charge < -0.3 is 0 Å². The molecule has 116 valence electrons. The van der Waals surface area contributed by atoms with E-state index >= 15 is 0 Å². The van der Waals surface area contributed by atoms with Gasteiger partial charge in [0.1, 0.15) is 0 Å². The van der Waals surface area contributed by atoms with Crippen molar-refractivity contribution in [1.82, 2.24) is 0 Å². The van der Waals surface area contributed by atoms with Crippen LogP contribution in [0.15, 0.2) is 10.2 Å². The van der Waals surface area contributed by atoms with Crippen LogP contribution in [0.25, 0.3) is 0 Å². The Bertz CT molecular complexity index is 311. The zero-order chi connectivity index (χ0) is 14.5. The smallest absolute Gasteiger partial charge is 0.212 e. The summed E-state index contributed by atoms with van der Waals surface area (Å²) in [6.45, 7) is 6.01. The number of nitrogens with zero attached hydrogens (tertiary/aromatic N) is 2. The maximum absolute atomic E-state index is 5.77. The first-order valence-corrected chi connectivity index (χ1v) is 8.28. The molecule has 2 fully saturated rings. The lowest BCUT2D eigenvalue weighted by atomic mass is 9.92. The van der Waals surface area contributed by atoms with Crippen molar-refractivity contribution in [3.05, 3.63) is 0 Å². The fourth-order valence-electron chi connectivity index (χ4n) is 2.89. The van der Waals surface area contributed by atoms with E-state index in [1.165, 1.54) is 38.5 Å². The highest BCUT2D eigenvalue weighted by Gasteiger charge is 2.36. The van der Waals surface area contributed by atoms with Gasteiger partial charge in [-0.25, -0.2) is 9.78 Å². The van der Waals surface area contributed by atoms with E-state index in [1.54, 1.807) is 0 Å². The van der Waals surface area contributed by atoms with Crippen LogP contribution >= 0.6 is 0 Å². The molecule has 0 amide bonds. The molecule has 4 heteroatoms. The van der Waals surface area contributed by atoms with Crippen molar-refractivity contribution >= 4 is 0 Å². The van der Waals surface area contributed by atoms with Crippen molar-refractivity contribution in [1.29, 1.82) is 0 Å². The molecule has 0 N–H and O–H groups in total. The number of hydrogen-bond donors (Lipinski definition) is 0. The van der Waals surface area contributed by atoms with E-state index in [2.05, 4.69) is 10.2 Å². The summed E-state index contributed by atoms with van der Waals surface area (Å²) in [6.07, 6.45) is 11.7. The van der Waals surface area contributed by atoms with Gasteiger partial charge in [0.2, 0.25) is 5.72 Å². The second-order valence-corrected chi connectivity index (χ2v) is 7.29. The Labute approximate surface area is 123 Å². The third-order valence-corrected chi connectivity index (χ3v) is 4.06. The van der Waals surface area contributed by atoms with Crippen LogP contribution in [0.5, 0.6) is 0 Å². The second kappa shape index (κ2) is 6.99. The topological polar surface area (TPSA) is 43.2 Å². The fraction of sp³-hybridized carbons (Fsp3) is 1.00. The second-order valence-electron chi connectivity index (χ2n) is 7.29. The maximum Gasteiger partial charge on any atom is 0.212 e. The zero-order valence-corrected chi connectivity index (χ0v) is 13.4. The molecule has 0 saturated heterocycles. The zero-order valence-electron chi connectivity index (χ0n) is 13.4. The Kier molecular flexibility index (Phi) is 5.56. The number of rotatable bonds is 4. The lowest BCUT2D eigenvalue weighted by Gasteiger charge is -2.33. The minimum atomic E-state index is -0.525. The largest absolute Gasteiger partial charge is 0.228 e. The number of hydrogen-bond acceptors (Lipinski definition) is 4. The van der Waals surface area contributed by atoms with Crippen molar-refractivity contribution in [3.8, 4) is 0 Å². The normalized spacial score (nSPS) is 25.1. The molecule has 0 unspecified atom stereocenters. The monoisotopic (exact) mass is 282 g/mol. The summed E-state index contributed by atoms with van der Waals surface area (Å²) in [4.78, 5) is 11.3. The molecule has 20 heavy (non-hydrogen) atoms. The van der Waals surface area contributed by atoms with Gasteiger partial charge in [0.15, 0.2) is 0 Å². The van der Waals surface area contributed by atoms with Crippen LogP contribution < -0.4 is 0 Å². The third-order valence-electron chi connectivity index (χ3n) is 4.06. The molecular weight excluding hydrogens is 252 g/mol. The molecule has 2 saturated carbocycles. The average molecular weight is 282 g/mol. The summed E-state index contributed by atoms with van der Waals surface area (Å²) in [5.41, 5.74) is -0.826. The molecule has 0 aromatic heterocycles. The fourth-order valence-corrected chi connectivity index (χ4v) is 2.89. The first kappa shape index (κ1) is 15.9. The summed E-state index contributed by atoms with van der Waals surface area (Å²) >= 11 is 0. The van der Waals surface area contributed by atoms with E-state index in [9.17, 15) is 0 Å². The van der Waals surface area contributed by atoms with Gasteiger partial charge in [0.05, 0.1) is 11.6 Å². The molecule has 0 heterocycles. The van der Waals surface area contributed by atoms with Crippen molar-refractivity contribution in [2.75, 3.05) is 0 Å². The molecule has 4 nitrogen and oxygen atoms in total. The Balaban J connectivity index is 1.96. The molecule has 0 aliphatic heterocycles. The Morgan fingerprint density at radius 2 is 1.50 bits per heavy atom. The highest BCUT2D eigenvalue weighted by Crippen LogP contribution is 2.35. The minimum absolute atomic E-state index is 0.301. The van der Waals surface area contributed by atoms with Crippen molar-refractivity contribution in [2.24, 2.45) is 10.2 Å². The van der Waals surface area contributed by atoms with Crippen LogP contribution in [-0.4, -0.2) is 17.4 Å². The van der Waals surface area contributed by atoms with Gasteiger partial charge in [-0.2, -0.15) is 10.2 Å². The maximum atomic E-state index is 5.77. The van der Waals surface area contributed by atoms with Gasteiger partial charge in [-0.3, -0.25) is 0 Å². The van der Waals surface area contributed by atoms with Crippen molar-refractivity contribution in [2.45, 2.75) is 102 Å². The first-order chi connectivity index (χ1) is 9.49. The van der Waals surface area contributed by atoms with E-state index < -0.39 is 5.72 Å². The van der Waals surface area contributed by atoms with E-state index in [-0.39, 0.29) is 5.60 Å². The lowest BCUT2D eigenvalue weighted by Crippen LogP contribution is -2.36. The molecule has 0 spiro atoms. The van der Waals surface area contributed by atoms with E-state index in [0.717, 1.165) is 25.7 Å². The van der Waals surface area contributed by atoms with Gasteiger partial charge in [-0.05, 0) is 46.5 Å². The quantitative estimate of drug-likeness (QED) is 0.405. The van der Waals surface area contributed by atoms with Gasteiger partial charge in [0.25, 0.3) is 0 Å². The van der Waals surface area contributed by atoms with Gasteiger partial charge in [0, 0.05) is 12.8 Å². The van der Waals surface area contributed by atoms with Crippen LogP contribution in [0.1, 0.15) is 85.0 Å². The van der Waals surface area contributed by atoms with Crippen molar-refractivity contribution in [3.63, 3.8) is 0 Å². The summed E-state index contributed by atoms with van der Waals surface area (Å²) in [6, 6.07) is 0.404. The van der Waals surface area contributed by atoms with Crippen LogP contribution in [0, 0.1) is 0 Å². The molecule has 0 atom stereocenters. The molecule has 2 aliphatic carbocycles. The predicted molar refractivity (Wildman–Crippen MR) is 79.5 cm³/mol. The van der Waals surface area contributed by atoms with Crippen molar-refractivity contribution < 1.29 is 9.78 Å². The SMILES string of the molecule is CC(C)(C)OOC1(N=NC2CCCCC2)CCCCC1. The first-order valence-electron chi connectivity index (χ1n) is 8.28. The predicted octanol–water partition coefficient (Wildman–Crippen LogP) is 5.18.